The minimum Gasteiger partial charge on any atom is -0.378 e. The molecule has 134 valence electrons. The lowest BCUT2D eigenvalue weighted by molar-refractivity contribution is -0.166. The fourth-order valence-electron chi connectivity index (χ4n) is 2.86. The Labute approximate surface area is 152 Å². The van der Waals surface area contributed by atoms with Crippen molar-refractivity contribution in [2.45, 2.75) is 38.8 Å². The normalized spacial score (nSPS) is 24.5. The second kappa shape index (κ2) is 7.27. The number of hydrogen-bond acceptors (Lipinski definition) is 4. The smallest absolute Gasteiger partial charge is 0.250 e. The Morgan fingerprint density at radius 2 is 2.04 bits per heavy atom. The van der Waals surface area contributed by atoms with Crippen LogP contribution in [0.25, 0.3) is 0 Å². The molecule has 1 aliphatic rings. The van der Waals surface area contributed by atoms with Crippen LogP contribution in [0.4, 0.5) is 5.69 Å². The number of primary amides is 1. The number of anilines is 1. The van der Waals surface area contributed by atoms with Gasteiger partial charge in [0.2, 0.25) is 11.8 Å². The van der Waals surface area contributed by atoms with E-state index in [1.807, 2.05) is 20.8 Å². The maximum absolute atomic E-state index is 12.6. The van der Waals surface area contributed by atoms with Crippen LogP contribution in [-0.2, 0) is 9.53 Å². The minimum atomic E-state index is -1.04. The molecule has 0 heterocycles. The van der Waals surface area contributed by atoms with Crippen molar-refractivity contribution in [2.24, 2.45) is 16.9 Å². The minimum absolute atomic E-state index is 0. The lowest BCUT2D eigenvalue weighted by atomic mass is 9.54. The second-order valence-electron chi connectivity index (χ2n) is 6.35. The number of benzene rings is 1. The molecule has 8 heteroatoms. The Balaban J connectivity index is 0.00000288. The van der Waals surface area contributed by atoms with Crippen LogP contribution in [0.15, 0.2) is 18.2 Å². The average Bonchev–Trinajstić information content (AvgIpc) is 2.48. The first kappa shape index (κ1) is 20.7. The summed E-state index contributed by atoms with van der Waals surface area (Å²) in [5.41, 5.74) is 10.6. The van der Waals surface area contributed by atoms with E-state index >= 15 is 0 Å². The highest BCUT2D eigenvalue weighted by Gasteiger charge is 2.62. The molecule has 2 rings (SSSR count). The summed E-state index contributed by atoms with van der Waals surface area (Å²) >= 11 is 5.90. The molecule has 2 unspecified atom stereocenters. The molecule has 1 aromatic rings. The van der Waals surface area contributed by atoms with Gasteiger partial charge in [0.15, 0.2) is 0 Å². The van der Waals surface area contributed by atoms with E-state index in [2.05, 4.69) is 5.32 Å². The van der Waals surface area contributed by atoms with Gasteiger partial charge in [0.05, 0.1) is 16.7 Å². The summed E-state index contributed by atoms with van der Waals surface area (Å²) in [5, 5.41) is 2.97. The molecular formula is C16H23Cl2N3O3. The van der Waals surface area contributed by atoms with Crippen LogP contribution >= 0.6 is 24.0 Å². The molecule has 2 atom stereocenters. The van der Waals surface area contributed by atoms with Gasteiger partial charge in [0, 0.05) is 24.1 Å². The highest BCUT2D eigenvalue weighted by molar-refractivity contribution is 6.34. The molecule has 0 spiro atoms. The van der Waals surface area contributed by atoms with Crippen molar-refractivity contribution in [2.75, 3.05) is 11.9 Å². The largest absolute Gasteiger partial charge is 0.378 e. The van der Waals surface area contributed by atoms with Crippen molar-refractivity contribution < 1.29 is 14.3 Å². The maximum Gasteiger partial charge on any atom is 0.250 e. The molecule has 1 aliphatic carbocycles. The van der Waals surface area contributed by atoms with Crippen molar-refractivity contribution in [3.8, 4) is 0 Å². The number of amides is 2. The topological polar surface area (TPSA) is 107 Å². The number of halogens is 2. The zero-order valence-electron chi connectivity index (χ0n) is 13.9. The van der Waals surface area contributed by atoms with Crippen molar-refractivity contribution in [3.05, 3.63) is 28.8 Å². The lowest BCUT2D eigenvalue weighted by Gasteiger charge is -2.57. The SMILES string of the molecule is CCOC1CC(N)(C(=O)Nc2ccc(Cl)c(C(N)=O)c2)C1(C)C.Cl. The number of carbonyl (C=O) groups excluding carboxylic acids is 2. The predicted octanol–water partition coefficient (Wildman–Crippen LogP) is 2.33. The van der Waals surface area contributed by atoms with Gasteiger partial charge in [-0.3, -0.25) is 9.59 Å². The molecule has 1 aromatic carbocycles. The highest BCUT2D eigenvalue weighted by Crippen LogP contribution is 2.50. The van der Waals surface area contributed by atoms with E-state index in [0.717, 1.165) is 0 Å². The van der Waals surface area contributed by atoms with Crippen molar-refractivity contribution >= 4 is 41.5 Å². The van der Waals surface area contributed by atoms with E-state index in [1.54, 1.807) is 6.07 Å². The fourth-order valence-corrected chi connectivity index (χ4v) is 3.07. The lowest BCUT2D eigenvalue weighted by Crippen LogP contribution is -2.74. The van der Waals surface area contributed by atoms with Gasteiger partial charge in [-0.15, -0.1) is 12.4 Å². The Bertz CT molecular complexity index is 651. The summed E-state index contributed by atoms with van der Waals surface area (Å²) in [6, 6.07) is 4.55. The van der Waals surface area contributed by atoms with Gasteiger partial charge in [-0.25, -0.2) is 0 Å². The van der Waals surface area contributed by atoms with Gasteiger partial charge in [0.25, 0.3) is 0 Å². The molecule has 6 nitrogen and oxygen atoms in total. The summed E-state index contributed by atoms with van der Waals surface area (Å²) in [6.07, 6.45) is 0.380. The van der Waals surface area contributed by atoms with Crippen molar-refractivity contribution in [1.29, 1.82) is 0 Å². The van der Waals surface area contributed by atoms with Crippen LogP contribution in [0, 0.1) is 5.41 Å². The summed E-state index contributed by atoms with van der Waals surface area (Å²) < 4.78 is 5.62. The average molecular weight is 376 g/mol. The van der Waals surface area contributed by atoms with Gasteiger partial charge < -0.3 is 21.5 Å². The molecule has 1 saturated carbocycles. The number of rotatable bonds is 5. The van der Waals surface area contributed by atoms with E-state index in [9.17, 15) is 9.59 Å². The number of hydrogen-bond donors (Lipinski definition) is 3. The van der Waals surface area contributed by atoms with Crippen LogP contribution in [-0.4, -0.2) is 30.1 Å². The quantitative estimate of drug-likeness (QED) is 0.733. The Morgan fingerprint density at radius 1 is 1.42 bits per heavy atom. The third-order valence-corrected chi connectivity index (χ3v) is 5.05. The number of nitrogens with two attached hydrogens (primary N) is 2. The molecule has 5 N–H and O–H groups in total. The predicted molar refractivity (Wildman–Crippen MR) is 96.6 cm³/mol. The number of ether oxygens (including phenoxy) is 1. The first-order valence-corrected chi connectivity index (χ1v) is 7.82. The molecule has 0 radical (unpaired) electrons. The summed E-state index contributed by atoms with van der Waals surface area (Å²) in [5.74, 6) is -0.981. The Kier molecular flexibility index (Phi) is 6.27. The second-order valence-corrected chi connectivity index (χ2v) is 6.76. The van der Waals surface area contributed by atoms with Crippen LogP contribution in [0.3, 0.4) is 0 Å². The summed E-state index contributed by atoms with van der Waals surface area (Å²) in [4.78, 5) is 23.9. The zero-order chi connectivity index (χ0) is 17.4. The third-order valence-electron chi connectivity index (χ3n) is 4.72. The Morgan fingerprint density at radius 3 is 2.54 bits per heavy atom. The van der Waals surface area contributed by atoms with E-state index < -0.39 is 16.9 Å². The molecule has 0 aliphatic heterocycles. The third kappa shape index (κ3) is 3.37. The van der Waals surface area contributed by atoms with Gasteiger partial charge in [-0.2, -0.15) is 0 Å². The van der Waals surface area contributed by atoms with Gasteiger partial charge in [0.1, 0.15) is 5.54 Å². The monoisotopic (exact) mass is 375 g/mol. The van der Waals surface area contributed by atoms with Crippen LogP contribution < -0.4 is 16.8 Å². The molecule has 0 aromatic heterocycles. The molecule has 24 heavy (non-hydrogen) atoms. The first-order chi connectivity index (χ1) is 10.6. The molecule has 0 bridgehead atoms. The van der Waals surface area contributed by atoms with Crippen molar-refractivity contribution in [1.82, 2.24) is 0 Å². The molecule has 0 saturated heterocycles. The number of carbonyl (C=O) groups is 2. The fraction of sp³-hybridized carbons (Fsp3) is 0.500. The molecule has 2 amide bonds. The van der Waals surface area contributed by atoms with E-state index in [0.29, 0.717) is 18.7 Å². The van der Waals surface area contributed by atoms with Crippen LogP contribution in [0.2, 0.25) is 5.02 Å². The van der Waals surface area contributed by atoms with Crippen LogP contribution in [0.1, 0.15) is 37.6 Å². The van der Waals surface area contributed by atoms with Gasteiger partial charge in [-0.1, -0.05) is 25.4 Å². The zero-order valence-corrected chi connectivity index (χ0v) is 15.5. The summed E-state index contributed by atoms with van der Waals surface area (Å²) in [7, 11) is 0. The van der Waals surface area contributed by atoms with E-state index in [4.69, 9.17) is 27.8 Å². The number of nitrogens with one attached hydrogen (secondary N) is 1. The van der Waals surface area contributed by atoms with Gasteiger partial charge >= 0.3 is 0 Å². The first-order valence-electron chi connectivity index (χ1n) is 7.44. The van der Waals surface area contributed by atoms with Crippen LogP contribution in [0.5, 0.6) is 0 Å². The van der Waals surface area contributed by atoms with Crippen molar-refractivity contribution in [3.63, 3.8) is 0 Å². The standard InChI is InChI=1S/C16H22ClN3O3.ClH/c1-4-23-12-8-16(19,15(12,2)3)14(22)20-9-5-6-11(17)10(7-9)13(18)21;/h5-7,12H,4,8,19H2,1-3H3,(H2,18,21)(H,20,22);1H. The maximum atomic E-state index is 12.6. The summed E-state index contributed by atoms with van der Waals surface area (Å²) in [6.45, 7) is 6.30. The van der Waals surface area contributed by atoms with E-state index in [1.165, 1.54) is 12.1 Å². The molecular weight excluding hydrogens is 353 g/mol. The molecule has 1 fully saturated rings. The highest BCUT2D eigenvalue weighted by atomic mass is 35.5. The van der Waals surface area contributed by atoms with Gasteiger partial charge in [-0.05, 0) is 25.1 Å². The van der Waals surface area contributed by atoms with E-state index in [-0.39, 0.29) is 35.0 Å². The Hall–Kier alpha value is -1.34.